The summed E-state index contributed by atoms with van der Waals surface area (Å²) in [4.78, 5) is 14.2. The summed E-state index contributed by atoms with van der Waals surface area (Å²) >= 11 is 0. The molecule has 0 unspecified atom stereocenters. The van der Waals surface area contributed by atoms with E-state index in [-0.39, 0.29) is 16.7 Å². The van der Waals surface area contributed by atoms with Gasteiger partial charge in [-0.25, -0.2) is 8.42 Å². The Morgan fingerprint density at radius 2 is 1.92 bits per heavy atom. The Balaban J connectivity index is 2.21. The first kappa shape index (κ1) is 19.7. The highest BCUT2D eigenvalue weighted by molar-refractivity contribution is 7.89. The first-order valence-electron chi connectivity index (χ1n) is 8.77. The second-order valence-corrected chi connectivity index (χ2v) is 8.50. The minimum atomic E-state index is -3.57. The molecule has 2 rings (SSSR count). The lowest BCUT2D eigenvalue weighted by Crippen LogP contribution is -2.38. The van der Waals surface area contributed by atoms with Crippen LogP contribution in [-0.4, -0.2) is 56.8 Å². The summed E-state index contributed by atoms with van der Waals surface area (Å²) in [7, 11) is -1.99. The van der Waals surface area contributed by atoms with Crippen molar-refractivity contribution < 1.29 is 17.9 Å². The van der Waals surface area contributed by atoms with E-state index in [1.165, 1.54) is 4.31 Å². The van der Waals surface area contributed by atoms with Crippen molar-refractivity contribution in [2.24, 2.45) is 5.92 Å². The van der Waals surface area contributed by atoms with E-state index in [2.05, 4.69) is 0 Å². The molecule has 1 aromatic rings. The molecule has 140 valence electrons. The van der Waals surface area contributed by atoms with Crippen molar-refractivity contribution in [1.29, 1.82) is 0 Å². The molecular formula is C18H28N2O4S. The zero-order valence-corrected chi connectivity index (χ0v) is 16.3. The second kappa shape index (κ2) is 8.19. The van der Waals surface area contributed by atoms with Gasteiger partial charge in [-0.1, -0.05) is 20.8 Å². The lowest BCUT2D eigenvalue weighted by molar-refractivity contribution is -0.134. The summed E-state index contributed by atoms with van der Waals surface area (Å²) < 4.78 is 32.8. The highest BCUT2D eigenvalue weighted by Crippen LogP contribution is 2.25. The van der Waals surface area contributed by atoms with E-state index in [0.29, 0.717) is 44.8 Å². The van der Waals surface area contributed by atoms with E-state index in [4.69, 9.17) is 4.74 Å². The number of methoxy groups -OCH3 is 1. The van der Waals surface area contributed by atoms with E-state index in [9.17, 15) is 13.2 Å². The number of hydrogen-bond donors (Lipinski definition) is 0. The third-order valence-electron chi connectivity index (χ3n) is 4.53. The predicted molar refractivity (Wildman–Crippen MR) is 97.2 cm³/mol. The monoisotopic (exact) mass is 368 g/mol. The number of nitrogens with zero attached hydrogens (tertiary/aromatic N) is 2. The molecule has 1 aromatic carbocycles. The molecule has 1 aliphatic heterocycles. The Bertz CT molecular complexity index is 716. The molecule has 0 bridgehead atoms. The highest BCUT2D eigenvalue weighted by atomic mass is 32.2. The van der Waals surface area contributed by atoms with Gasteiger partial charge in [0.15, 0.2) is 0 Å². The second-order valence-electron chi connectivity index (χ2n) is 6.56. The lowest BCUT2D eigenvalue weighted by atomic mass is 10.1. The van der Waals surface area contributed by atoms with Gasteiger partial charge in [0.1, 0.15) is 5.75 Å². The Morgan fingerprint density at radius 1 is 1.20 bits per heavy atom. The smallest absolute Gasteiger partial charge is 0.243 e. The summed E-state index contributed by atoms with van der Waals surface area (Å²) in [6.45, 7) is 7.50. The summed E-state index contributed by atoms with van der Waals surface area (Å²) in [5, 5.41) is 0. The largest absolute Gasteiger partial charge is 0.496 e. The average molecular weight is 368 g/mol. The molecule has 0 saturated carbocycles. The number of benzene rings is 1. The summed E-state index contributed by atoms with van der Waals surface area (Å²) in [5.41, 5.74) is 0.870. The zero-order chi connectivity index (χ0) is 18.6. The molecule has 1 aliphatic rings. The van der Waals surface area contributed by atoms with Crippen LogP contribution in [0.4, 0.5) is 0 Å². The molecule has 6 nitrogen and oxygen atoms in total. The van der Waals surface area contributed by atoms with Crippen LogP contribution in [0.5, 0.6) is 5.75 Å². The van der Waals surface area contributed by atoms with Crippen molar-refractivity contribution in [3.05, 3.63) is 23.8 Å². The minimum Gasteiger partial charge on any atom is -0.496 e. The SMILES string of the molecule is CCc1cc(S(=O)(=O)N2CCCN(C(=O)C(C)C)CC2)ccc1OC. The fourth-order valence-electron chi connectivity index (χ4n) is 3.06. The average Bonchev–Trinajstić information content (AvgIpc) is 2.86. The lowest BCUT2D eigenvalue weighted by Gasteiger charge is -2.23. The van der Waals surface area contributed by atoms with Crippen LogP contribution in [0.25, 0.3) is 0 Å². The Labute approximate surface area is 150 Å². The van der Waals surface area contributed by atoms with Gasteiger partial charge in [-0.05, 0) is 36.6 Å². The number of rotatable bonds is 5. The number of amides is 1. The van der Waals surface area contributed by atoms with Crippen molar-refractivity contribution in [1.82, 2.24) is 9.21 Å². The first-order chi connectivity index (χ1) is 11.8. The third kappa shape index (κ3) is 4.33. The van der Waals surface area contributed by atoms with Gasteiger partial charge < -0.3 is 9.64 Å². The molecule has 1 heterocycles. The maximum atomic E-state index is 13.0. The van der Waals surface area contributed by atoms with Crippen LogP contribution in [0.2, 0.25) is 0 Å². The standard InChI is InChI=1S/C18H28N2O4S/c1-5-15-13-16(7-8-17(15)24-4)25(22,23)20-10-6-9-19(11-12-20)18(21)14(2)3/h7-8,13-14H,5-6,9-12H2,1-4H3. The number of sulfonamides is 1. The molecule has 0 aliphatic carbocycles. The molecule has 1 amide bonds. The van der Waals surface area contributed by atoms with Crippen molar-refractivity contribution in [2.75, 3.05) is 33.3 Å². The summed E-state index contributed by atoms with van der Waals surface area (Å²) in [6.07, 6.45) is 1.34. The molecule has 0 N–H and O–H groups in total. The van der Waals surface area contributed by atoms with Gasteiger partial charge in [-0.2, -0.15) is 4.31 Å². The molecule has 25 heavy (non-hydrogen) atoms. The predicted octanol–water partition coefficient (Wildman–Crippen LogP) is 2.14. The fraction of sp³-hybridized carbons (Fsp3) is 0.611. The van der Waals surface area contributed by atoms with Gasteiger partial charge in [0, 0.05) is 32.1 Å². The maximum Gasteiger partial charge on any atom is 0.243 e. The van der Waals surface area contributed by atoms with Gasteiger partial charge in [-0.15, -0.1) is 0 Å². The van der Waals surface area contributed by atoms with Crippen molar-refractivity contribution in [2.45, 2.75) is 38.5 Å². The van der Waals surface area contributed by atoms with E-state index in [1.807, 2.05) is 20.8 Å². The van der Waals surface area contributed by atoms with Crippen molar-refractivity contribution >= 4 is 15.9 Å². The van der Waals surface area contributed by atoms with Gasteiger partial charge >= 0.3 is 0 Å². The molecule has 0 atom stereocenters. The quantitative estimate of drug-likeness (QED) is 0.799. The van der Waals surface area contributed by atoms with Crippen LogP contribution < -0.4 is 4.74 Å². The van der Waals surface area contributed by atoms with Gasteiger partial charge in [0.25, 0.3) is 0 Å². The maximum absolute atomic E-state index is 13.0. The van der Waals surface area contributed by atoms with E-state index in [0.717, 1.165) is 5.56 Å². The normalized spacial score (nSPS) is 16.8. The molecule has 1 saturated heterocycles. The highest BCUT2D eigenvalue weighted by Gasteiger charge is 2.29. The Hall–Kier alpha value is -1.60. The number of carbonyl (C=O) groups excluding carboxylic acids is 1. The number of aryl methyl sites for hydroxylation is 1. The van der Waals surface area contributed by atoms with Crippen molar-refractivity contribution in [3.63, 3.8) is 0 Å². The van der Waals surface area contributed by atoms with Crippen LogP contribution in [-0.2, 0) is 21.2 Å². The zero-order valence-electron chi connectivity index (χ0n) is 15.5. The Kier molecular flexibility index (Phi) is 6.46. The van der Waals surface area contributed by atoms with Crippen LogP contribution in [0.3, 0.4) is 0 Å². The van der Waals surface area contributed by atoms with Gasteiger partial charge in [0.2, 0.25) is 15.9 Å². The van der Waals surface area contributed by atoms with Crippen LogP contribution >= 0.6 is 0 Å². The number of ether oxygens (including phenoxy) is 1. The first-order valence-corrected chi connectivity index (χ1v) is 10.2. The van der Waals surface area contributed by atoms with Crippen LogP contribution in [0.1, 0.15) is 32.8 Å². The Morgan fingerprint density at radius 3 is 2.52 bits per heavy atom. The van der Waals surface area contributed by atoms with Crippen molar-refractivity contribution in [3.8, 4) is 5.75 Å². The van der Waals surface area contributed by atoms with E-state index in [1.54, 1.807) is 30.2 Å². The molecule has 1 fully saturated rings. The molecule has 0 radical (unpaired) electrons. The van der Waals surface area contributed by atoms with Gasteiger partial charge in [0.05, 0.1) is 12.0 Å². The van der Waals surface area contributed by atoms with E-state index >= 15 is 0 Å². The third-order valence-corrected chi connectivity index (χ3v) is 6.43. The molecule has 0 aromatic heterocycles. The number of carbonyl (C=O) groups is 1. The van der Waals surface area contributed by atoms with Gasteiger partial charge in [-0.3, -0.25) is 4.79 Å². The number of hydrogen-bond acceptors (Lipinski definition) is 4. The molecular weight excluding hydrogens is 340 g/mol. The van der Waals surface area contributed by atoms with Crippen LogP contribution in [0, 0.1) is 5.92 Å². The fourth-order valence-corrected chi connectivity index (χ4v) is 4.58. The topological polar surface area (TPSA) is 66.9 Å². The van der Waals surface area contributed by atoms with Crippen LogP contribution in [0.15, 0.2) is 23.1 Å². The van der Waals surface area contributed by atoms with E-state index < -0.39 is 10.0 Å². The summed E-state index contributed by atoms with van der Waals surface area (Å²) in [6, 6.07) is 4.99. The molecule has 0 spiro atoms. The summed E-state index contributed by atoms with van der Waals surface area (Å²) in [5.74, 6) is 0.708. The minimum absolute atomic E-state index is 0.0724. The molecule has 7 heteroatoms.